The second-order valence-corrected chi connectivity index (χ2v) is 8.26. The second-order valence-electron chi connectivity index (χ2n) is 6.20. The molecule has 138 valence electrons. The Kier molecular flexibility index (Phi) is 4.97. The number of carbonyl (C=O) groups is 1. The molecule has 2 aromatic rings. The van der Waals surface area contributed by atoms with Gasteiger partial charge in [-0.25, -0.2) is 8.70 Å². The van der Waals surface area contributed by atoms with Crippen LogP contribution in [0.4, 0.5) is 15.8 Å². The summed E-state index contributed by atoms with van der Waals surface area (Å²) in [5.41, 5.74) is 2.10. The zero-order chi connectivity index (χ0) is 18.9. The maximum atomic E-state index is 13.2. The number of fused-ring (bicyclic) bond motifs is 1. The Labute approximate surface area is 152 Å². The molecule has 2 aromatic carbocycles. The van der Waals surface area contributed by atoms with Crippen LogP contribution in [0.2, 0.25) is 0 Å². The topological polar surface area (TPSA) is 60.9 Å². The molecule has 1 heterocycles. The van der Waals surface area contributed by atoms with E-state index in [1.165, 1.54) is 38.4 Å². The number of halogens is 1. The highest BCUT2D eigenvalue weighted by molar-refractivity contribution is 7.90. The van der Waals surface area contributed by atoms with E-state index in [1.807, 2.05) is 24.3 Å². The van der Waals surface area contributed by atoms with E-state index in [1.54, 1.807) is 4.90 Å². The largest absolute Gasteiger partial charge is 0.310 e. The fraction of sp³-hybridized carbons (Fsp3) is 0.278. The summed E-state index contributed by atoms with van der Waals surface area (Å²) in [4.78, 5) is 14.4. The molecular formula is C18H20FN3O3S. The van der Waals surface area contributed by atoms with E-state index < -0.39 is 16.0 Å². The molecule has 1 amide bonds. The lowest BCUT2D eigenvalue weighted by molar-refractivity contribution is -0.117. The molecule has 0 fully saturated rings. The van der Waals surface area contributed by atoms with Gasteiger partial charge in [-0.1, -0.05) is 18.2 Å². The third-order valence-electron chi connectivity index (χ3n) is 4.32. The fourth-order valence-electron chi connectivity index (χ4n) is 2.92. The number of para-hydroxylation sites is 1. The summed E-state index contributed by atoms with van der Waals surface area (Å²) in [7, 11) is -1.13. The Hall–Kier alpha value is -2.45. The SMILES string of the molecule is CN(C)S(=O)(=O)N(CC(=O)N1CCc2ccccc21)c1ccc(F)cc1. The first-order valence-electron chi connectivity index (χ1n) is 8.15. The predicted octanol–water partition coefficient (Wildman–Crippen LogP) is 2.03. The normalized spacial score (nSPS) is 13.8. The van der Waals surface area contributed by atoms with Crippen molar-refractivity contribution in [3.8, 4) is 0 Å². The fourth-order valence-corrected chi connectivity index (χ4v) is 3.97. The van der Waals surface area contributed by atoms with Gasteiger partial charge in [0.1, 0.15) is 12.4 Å². The minimum atomic E-state index is -3.91. The Balaban J connectivity index is 1.91. The standard InChI is InChI=1S/C18H20FN3O3S/c1-20(2)26(24,25)22(16-9-7-15(19)8-10-16)13-18(23)21-12-11-14-5-3-4-6-17(14)21/h3-10H,11-13H2,1-2H3. The first kappa shape index (κ1) is 18.3. The summed E-state index contributed by atoms with van der Waals surface area (Å²) in [6.07, 6.45) is 0.735. The molecule has 0 radical (unpaired) electrons. The van der Waals surface area contributed by atoms with Crippen LogP contribution in [-0.2, 0) is 21.4 Å². The van der Waals surface area contributed by atoms with Crippen molar-refractivity contribution in [1.82, 2.24) is 4.31 Å². The Morgan fingerprint density at radius 2 is 1.77 bits per heavy atom. The summed E-state index contributed by atoms with van der Waals surface area (Å²) in [6.45, 7) is 0.151. The zero-order valence-electron chi connectivity index (χ0n) is 14.6. The molecule has 0 saturated carbocycles. The van der Waals surface area contributed by atoms with Crippen molar-refractivity contribution in [3.05, 3.63) is 59.9 Å². The highest BCUT2D eigenvalue weighted by Crippen LogP contribution is 2.28. The van der Waals surface area contributed by atoms with Crippen LogP contribution in [0.25, 0.3) is 0 Å². The maximum Gasteiger partial charge on any atom is 0.304 e. The number of nitrogens with zero attached hydrogens (tertiary/aromatic N) is 3. The van der Waals surface area contributed by atoms with Crippen LogP contribution in [-0.4, -0.2) is 45.8 Å². The number of hydrogen-bond donors (Lipinski definition) is 0. The van der Waals surface area contributed by atoms with Crippen molar-refractivity contribution >= 4 is 27.5 Å². The Bertz CT molecular complexity index is 914. The number of anilines is 2. The van der Waals surface area contributed by atoms with Gasteiger partial charge in [-0.3, -0.25) is 4.79 Å². The lowest BCUT2D eigenvalue weighted by Gasteiger charge is -2.28. The summed E-state index contributed by atoms with van der Waals surface area (Å²) >= 11 is 0. The van der Waals surface area contributed by atoms with E-state index in [0.29, 0.717) is 6.54 Å². The Morgan fingerprint density at radius 3 is 2.42 bits per heavy atom. The van der Waals surface area contributed by atoms with Crippen molar-refractivity contribution in [3.63, 3.8) is 0 Å². The van der Waals surface area contributed by atoms with Gasteiger partial charge in [0.2, 0.25) is 5.91 Å². The summed E-state index contributed by atoms with van der Waals surface area (Å²) in [6, 6.07) is 12.6. The van der Waals surface area contributed by atoms with Crippen LogP contribution >= 0.6 is 0 Å². The maximum absolute atomic E-state index is 13.2. The molecule has 26 heavy (non-hydrogen) atoms. The minimum Gasteiger partial charge on any atom is -0.310 e. The number of amides is 1. The van der Waals surface area contributed by atoms with Gasteiger partial charge < -0.3 is 4.90 Å². The quantitative estimate of drug-likeness (QED) is 0.801. The van der Waals surface area contributed by atoms with Crippen LogP contribution < -0.4 is 9.21 Å². The molecule has 0 aliphatic carbocycles. The van der Waals surface area contributed by atoms with Gasteiger partial charge in [0, 0.05) is 26.3 Å². The van der Waals surface area contributed by atoms with Crippen LogP contribution in [0.1, 0.15) is 5.56 Å². The third kappa shape index (κ3) is 3.42. The first-order chi connectivity index (χ1) is 12.3. The van der Waals surface area contributed by atoms with Crippen molar-refractivity contribution < 1.29 is 17.6 Å². The lowest BCUT2D eigenvalue weighted by Crippen LogP contribution is -2.46. The van der Waals surface area contributed by atoms with E-state index in [2.05, 4.69) is 0 Å². The van der Waals surface area contributed by atoms with Gasteiger partial charge in [0.05, 0.1) is 5.69 Å². The smallest absolute Gasteiger partial charge is 0.304 e. The molecule has 8 heteroatoms. The summed E-state index contributed by atoms with van der Waals surface area (Å²) < 4.78 is 40.6. The van der Waals surface area contributed by atoms with Crippen molar-refractivity contribution in [2.75, 3.05) is 36.4 Å². The predicted molar refractivity (Wildman–Crippen MR) is 98.9 cm³/mol. The van der Waals surface area contributed by atoms with E-state index in [4.69, 9.17) is 0 Å². The molecular weight excluding hydrogens is 357 g/mol. The van der Waals surface area contributed by atoms with Crippen LogP contribution in [0.15, 0.2) is 48.5 Å². The van der Waals surface area contributed by atoms with Gasteiger partial charge in [-0.15, -0.1) is 0 Å². The van der Waals surface area contributed by atoms with Crippen molar-refractivity contribution in [1.29, 1.82) is 0 Å². The van der Waals surface area contributed by atoms with E-state index in [-0.39, 0.29) is 18.1 Å². The molecule has 0 saturated heterocycles. The highest BCUT2D eigenvalue weighted by Gasteiger charge is 2.31. The monoisotopic (exact) mass is 377 g/mol. The molecule has 1 aliphatic heterocycles. The Morgan fingerprint density at radius 1 is 1.12 bits per heavy atom. The van der Waals surface area contributed by atoms with Gasteiger partial charge in [0.25, 0.3) is 0 Å². The van der Waals surface area contributed by atoms with E-state index in [9.17, 15) is 17.6 Å². The molecule has 0 atom stereocenters. The zero-order valence-corrected chi connectivity index (χ0v) is 15.4. The van der Waals surface area contributed by atoms with Crippen molar-refractivity contribution in [2.45, 2.75) is 6.42 Å². The van der Waals surface area contributed by atoms with Gasteiger partial charge in [0.15, 0.2) is 0 Å². The number of benzene rings is 2. The molecule has 1 aliphatic rings. The molecule has 0 spiro atoms. The van der Waals surface area contributed by atoms with Crippen LogP contribution in [0.5, 0.6) is 0 Å². The average Bonchev–Trinajstić information content (AvgIpc) is 3.04. The number of hydrogen-bond acceptors (Lipinski definition) is 3. The van der Waals surface area contributed by atoms with Gasteiger partial charge in [-0.2, -0.15) is 12.7 Å². The van der Waals surface area contributed by atoms with E-state index in [0.717, 1.165) is 26.3 Å². The van der Waals surface area contributed by atoms with Gasteiger partial charge >= 0.3 is 10.2 Å². The molecule has 0 N–H and O–H groups in total. The summed E-state index contributed by atoms with van der Waals surface area (Å²) in [5.74, 6) is -0.805. The molecule has 6 nitrogen and oxygen atoms in total. The molecule has 0 bridgehead atoms. The van der Waals surface area contributed by atoms with Gasteiger partial charge in [-0.05, 0) is 42.3 Å². The number of rotatable bonds is 5. The summed E-state index contributed by atoms with van der Waals surface area (Å²) in [5, 5.41) is 0. The van der Waals surface area contributed by atoms with Crippen LogP contribution in [0, 0.1) is 5.82 Å². The van der Waals surface area contributed by atoms with E-state index >= 15 is 0 Å². The highest BCUT2D eigenvalue weighted by atomic mass is 32.2. The molecule has 0 unspecified atom stereocenters. The van der Waals surface area contributed by atoms with Crippen LogP contribution in [0.3, 0.4) is 0 Å². The average molecular weight is 377 g/mol. The number of carbonyl (C=O) groups excluding carboxylic acids is 1. The second kappa shape index (κ2) is 7.05. The van der Waals surface area contributed by atoms with Crippen molar-refractivity contribution in [2.24, 2.45) is 0 Å². The third-order valence-corrected chi connectivity index (χ3v) is 6.14. The lowest BCUT2D eigenvalue weighted by atomic mass is 10.2. The first-order valence-corrected chi connectivity index (χ1v) is 9.54. The molecule has 0 aromatic heterocycles. The molecule has 3 rings (SSSR count). The minimum absolute atomic E-state index is 0.237.